The van der Waals surface area contributed by atoms with Crippen molar-refractivity contribution in [2.24, 2.45) is 0 Å². The summed E-state index contributed by atoms with van der Waals surface area (Å²) in [5.74, 6) is -0.211. The number of likely N-dealkylation sites (N-methyl/N-ethyl adjacent to an activating group) is 1. The molecule has 0 radical (unpaired) electrons. The second kappa shape index (κ2) is 5.65. The molecule has 0 saturated carbocycles. The zero-order valence-corrected chi connectivity index (χ0v) is 10.1. The molecule has 1 unspecified atom stereocenters. The summed E-state index contributed by atoms with van der Waals surface area (Å²) in [5, 5.41) is 3.02. The van der Waals surface area contributed by atoms with Crippen molar-refractivity contribution in [3.63, 3.8) is 0 Å². The molecule has 5 heteroatoms. The van der Waals surface area contributed by atoms with Gasteiger partial charge in [-0.25, -0.2) is 4.98 Å². The first-order chi connectivity index (χ1) is 7.62. The molecule has 0 amide bonds. The molecule has 1 heterocycles. The van der Waals surface area contributed by atoms with Gasteiger partial charge < -0.3 is 14.6 Å². The molecule has 0 bridgehead atoms. The van der Waals surface area contributed by atoms with Gasteiger partial charge in [0.05, 0.1) is 12.9 Å². The van der Waals surface area contributed by atoms with E-state index in [1.807, 2.05) is 24.6 Å². The maximum absolute atomic E-state index is 11.7. The molecule has 0 fully saturated rings. The van der Waals surface area contributed by atoms with Crippen LogP contribution < -0.4 is 5.32 Å². The van der Waals surface area contributed by atoms with Crippen LogP contribution in [0.4, 0.5) is 0 Å². The topological polar surface area (TPSA) is 56.2 Å². The highest BCUT2D eigenvalue weighted by Crippen LogP contribution is 2.13. The van der Waals surface area contributed by atoms with Gasteiger partial charge in [0, 0.05) is 18.9 Å². The number of aromatic nitrogens is 2. The first kappa shape index (κ1) is 12.7. The third-order valence-corrected chi connectivity index (χ3v) is 2.71. The number of esters is 1. The van der Waals surface area contributed by atoms with Gasteiger partial charge >= 0.3 is 5.97 Å². The summed E-state index contributed by atoms with van der Waals surface area (Å²) in [6.45, 7) is 4.79. The lowest BCUT2D eigenvalue weighted by Crippen LogP contribution is -2.49. The van der Waals surface area contributed by atoms with Gasteiger partial charge in [-0.2, -0.15) is 0 Å². The number of rotatable bonds is 6. The van der Waals surface area contributed by atoms with Crippen LogP contribution in [0.1, 0.15) is 20.3 Å². The molecule has 0 spiro atoms. The van der Waals surface area contributed by atoms with Crippen molar-refractivity contribution >= 4 is 5.97 Å². The highest BCUT2D eigenvalue weighted by Gasteiger charge is 2.32. The lowest BCUT2D eigenvalue weighted by atomic mass is 9.98. The third kappa shape index (κ3) is 3.06. The number of ether oxygens (including phenoxy) is 1. The van der Waals surface area contributed by atoms with Crippen molar-refractivity contribution in [3.05, 3.63) is 18.7 Å². The van der Waals surface area contributed by atoms with Gasteiger partial charge in [-0.3, -0.25) is 4.79 Å². The fourth-order valence-electron chi connectivity index (χ4n) is 1.39. The third-order valence-electron chi connectivity index (χ3n) is 2.71. The lowest BCUT2D eigenvalue weighted by molar-refractivity contribution is -0.150. The van der Waals surface area contributed by atoms with Crippen LogP contribution in [0.25, 0.3) is 0 Å². The smallest absolute Gasteiger partial charge is 0.326 e. The molecule has 0 aliphatic rings. The van der Waals surface area contributed by atoms with Crippen LogP contribution in [0.2, 0.25) is 0 Å². The van der Waals surface area contributed by atoms with E-state index in [-0.39, 0.29) is 5.97 Å². The predicted molar refractivity (Wildman–Crippen MR) is 60.9 cm³/mol. The zero-order chi connectivity index (χ0) is 12.0. The number of carbonyl (C=O) groups is 1. The average molecular weight is 225 g/mol. The number of nitrogens with zero attached hydrogens (tertiary/aromatic N) is 2. The molecule has 1 atom stereocenters. The Bertz CT molecular complexity index is 324. The number of nitrogens with one attached hydrogen (secondary N) is 1. The Hall–Kier alpha value is -1.36. The molecule has 0 aliphatic heterocycles. The summed E-state index contributed by atoms with van der Waals surface area (Å²) in [4.78, 5) is 15.7. The normalized spacial score (nSPS) is 14.4. The highest BCUT2D eigenvalue weighted by molar-refractivity contribution is 5.80. The van der Waals surface area contributed by atoms with Crippen molar-refractivity contribution in [1.29, 1.82) is 0 Å². The van der Waals surface area contributed by atoms with Gasteiger partial charge in [0.25, 0.3) is 0 Å². The van der Waals surface area contributed by atoms with Crippen molar-refractivity contribution in [1.82, 2.24) is 14.9 Å². The molecule has 0 aromatic carbocycles. The Morgan fingerprint density at radius 1 is 1.62 bits per heavy atom. The Morgan fingerprint density at radius 2 is 2.38 bits per heavy atom. The Labute approximate surface area is 95.8 Å². The highest BCUT2D eigenvalue weighted by atomic mass is 16.5. The van der Waals surface area contributed by atoms with E-state index >= 15 is 0 Å². The number of hydrogen-bond acceptors (Lipinski definition) is 4. The predicted octanol–water partition coefficient (Wildman–Crippen LogP) is 0.814. The molecular formula is C11H19N3O2. The standard InChI is InChI=1S/C11H19N3O2/c1-4-16-10(15)11(2,12-3)5-7-14-8-6-13-9-14/h6,8-9,12H,4-5,7H2,1-3H3. The maximum Gasteiger partial charge on any atom is 0.326 e. The first-order valence-corrected chi connectivity index (χ1v) is 5.44. The molecule has 16 heavy (non-hydrogen) atoms. The van der Waals surface area contributed by atoms with Gasteiger partial charge in [-0.15, -0.1) is 0 Å². The monoisotopic (exact) mass is 225 g/mol. The fourth-order valence-corrected chi connectivity index (χ4v) is 1.39. The van der Waals surface area contributed by atoms with Gasteiger partial charge in [0.1, 0.15) is 5.54 Å². The van der Waals surface area contributed by atoms with E-state index in [2.05, 4.69) is 10.3 Å². The number of aryl methyl sites for hydroxylation is 1. The minimum absolute atomic E-state index is 0.211. The lowest BCUT2D eigenvalue weighted by Gasteiger charge is -2.26. The SMILES string of the molecule is CCOC(=O)C(C)(CCn1ccnc1)NC. The van der Waals surface area contributed by atoms with E-state index in [1.54, 1.807) is 19.6 Å². The Kier molecular flexibility index (Phi) is 4.49. The van der Waals surface area contributed by atoms with Crippen molar-refractivity contribution in [3.8, 4) is 0 Å². The summed E-state index contributed by atoms with van der Waals surface area (Å²) in [6, 6.07) is 0. The minimum atomic E-state index is -0.639. The number of carbonyl (C=O) groups excluding carboxylic acids is 1. The summed E-state index contributed by atoms with van der Waals surface area (Å²) < 4.78 is 6.98. The van der Waals surface area contributed by atoms with Crippen LogP contribution in [-0.4, -0.2) is 34.7 Å². The van der Waals surface area contributed by atoms with Crippen LogP contribution in [0.3, 0.4) is 0 Å². The Morgan fingerprint density at radius 3 is 2.88 bits per heavy atom. The average Bonchev–Trinajstić information content (AvgIpc) is 2.79. The van der Waals surface area contributed by atoms with Gasteiger partial charge in [-0.05, 0) is 27.3 Å². The molecule has 1 N–H and O–H groups in total. The van der Waals surface area contributed by atoms with E-state index in [1.165, 1.54) is 0 Å². The van der Waals surface area contributed by atoms with E-state index in [0.29, 0.717) is 13.0 Å². The minimum Gasteiger partial charge on any atom is -0.465 e. The second-order valence-corrected chi connectivity index (χ2v) is 3.85. The molecule has 1 aromatic heterocycles. The summed E-state index contributed by atoms with van der Waals surface area (Å²) in [5.41, 5.74) is -0.639. The summed E-state index contributed by atoms with van der Waals surface area (Å²) in [6.07, 6.45) is 6.00. The van der Waals surface area contributed by atoms with Crippen LogP contribution in [0.15, 0.2) is 18.7 Å². The molecular weight excluding hydrogens is 206 g/mol. The van der Waals surface area contributed by atoms with Crippen molar-refractivity contribution < 1.29 is 9.53 Å². The Balaban J connectivity index is 2.56. The maximum atomic E-state index is 11.7. The van der Waals surface area contributed by atoms with Crippen LogP contribution in [0.5, 0.6) is 0 Å². The molecule has 0 aliphatic carbocycles. The van der Waals surface area contributed by atoms with Crippen LogP contribution in [0, 0.1) is 0 Å². The van der Waals surface area contributed by atoms with E-state index < -0.39 is 5.54 Å². The van der Waals surface area contributed by atoms with E-state index in [4.69, 9.17) is 4.74 Å². The summed E-state index contributed by atoms with van der Waals surface area (Å²) >= 11 is 0. The van der Waals surface area contributed by atoms with E-state index in [0.717, 1.165) is 6.54 Å². The van der Waals surface area contributed by atoms with E-state index in [9.17, 15) is 4.79 Å². The molecule has 5 nitrogen and oxygen atoms in total. The molecule has 90 valence electrons. The quantitative estimate of drug-likeness (QED) is 0.728. The van der Waals surface area contributed by atoms with Crippen molar-refractivity contribution in [2.45, 2.75) is 32.4 Å². The fraction of sp³-hybridized carbons (Fsp3) is 0.636. The van der Waals surface area contributed by atoms with Gasteiger partial charge in [0.2, 0.25) is 0 Å². The van der Waals surface area contributed by atoms with Crippen LogP contribution >= 0.6 is 0 Å². The number of hydrogen-bond donors (Lipinski definition) is 1. The second-order valence-electron chi connectivity index (χ2n) is 3.85. The molecule has 1 rings (SSSR count). The van der Waals surface area contributed by atoms with Gasteiger partial charge in [-0.1, -0.05) is 0 Å². The van der Waals surface area contributed by atoms with Gasteiger partial charge in [0.15, 0.2) is 0 Å². The molecule has 0 saturated heterocycles. The first-order valence-electron chi connectivity index (χ1n) is 5.44. The largest absolute Gasteiger partial charge is 0.465 e. The number of imidazole rings is 1. The zero-order valence-electron chi connectivity index (χ0n) is 10.1. The summed E-state index contributed by atoms with van der Waals surface area (Å²) in [7, 11) is 1.77. The van der Waals surface area contributed by atoms with Crippen LogP contribution in [-0.2, 0) is 16.1 Å². The van der Waals surface area contributed by atoms with Crippen molar-refractivity contribution in [2.75, 3.05) is 13.7 Å². The molecule has 1 aromatic rings.